The molecule has 0 aliphatic rings. The van der Waals surface area contributed by atoms with Crippen molar-refractivity contribution in [3.8, 4) is 0 Å². The van der Waals surface area contributed by atoms with Gasteiger partial charge in [0.1, 0.15) is 6.33 Å². The summed E-state index contributed by atoms with van der Waals surface area (Å²) in [6.07, 6.45) is 2.47. The molecular weight excluding hydrogens is 230 g/mol. The van der Waals surface area contributed by atoms with Crippen LogP contribution in [0.3, 0.4) is 0 Å². The molecule has 86 valence electrons. The van der Waals surface area contributed by atoms with E-state index in [-0.39, 0.29) is 12.1 Å². The molecule has 1 rings (SSSR count). The minimum atomic E-state index is -0.211. The summed E-state index contributed by atoms with van der Waals surface area (Å²) in [5, 5.41) is 12.8. The van der Waals surface area contributed by atoms with E-state index in [1.807, 2.05) is 14.0 Å². The van der Waals surface area contributed by atoms with Gasteiger partial charge in [-0.15, -0.1) is 0 Å². The van der Waals surface area contributed by atoms with Crippen LogP contribution in [0.25, 0.3) is 0 Å². The molecule has 0 aliphatic carbocycles. The van der Waals surface area contributed by atoms with Gasteiger partial charge in [-0.2, -0.15) is 4.37 Å². The highest BCUT2D eigenvalue weighted by molar-refractivity contribution is 8.01. The van der Waals surface area contributed by atoms with Gasteiger partial charge in [0.15, 0.2) is 4.34 Å². The van der Waals surface area contributed by atoms with E-state index < -0.39 is 0 Å². The van der Waals surface area contributed by atoms with E-state index in [1.54, 1.807) is 18.1 Å². The lowest BCUT2D eigenvalue weighted by atomic mass is 9.98. The van der Waals surface area contributed by atoms with Gasteiger partial charge in [-0.3, -0.25) is 0 Å². The van der Waals surface area contributed by atoms with Crippen LogP contribution in [0.1, 0.15) is 20.3 Å². The second kappa shape index (κ2) is 5.79. The number of hydrogen-bond acceptors (Lipinski definition) is 6. The van der Waals surface area contributed by atoms with Crippen LogP contribution in [0.2, 0.25) is 0 Å². The maximum absolute atomic E-state index is 9.26. The normalized spacial score (nSPS) is 17.3. The van der Waals surface area contributed by atoms with Crippen molar-refractivity contribution < 1.29 is 5.11 Å². The first-order chi connectivity index (χ1) is 7.09. The molecule has 4 nitrogen and oxygen atoms in total. The van der Waals surface area contributed by atoms with Crippen LogP contribution in [-0.2, 0) is 0 Å². The molecule has 6 heteroatoms. The van der Waals surface area contributed by atoms with Crippen molar-refractivity contribution in [3.05, 3.63) is 6.33 Å². The summed E-state index contributed by atoms with van der Waals surface area (Å²) in [7, 11) is 1.87. The Labute approximate surface area is 98.7 Å². The van der Waals surface area contributed by atoms with E-state index in [4.69, 9.17) is 0 Å². The van der Waals surface area contributed by atoms with Crippen LogP contribution in [0.4, 0.5) is 0 Å². The van der Waals surface area contributed by atoms with Crippen LogP contribution in [0.15, 0.2) is 10.7 Å². The Morgan fingerprint density at radius 1 is 1.73 bits per heavy atom. The van der Waals surface area contributed by atoms with Gasteiger partial charge in [0.2, 0.25) is 0 Å². The summed E-state index contributed by atoms with van der Waals surface area (Å²) in [6, 6.07) is 0. The van der Waals surface area contributed by atoms with Crippen LogP contribution in [0, 0.1) is 0 Å². The van der Waals surface area contributed by atoms with E-state index in [0.29, 0.717) is 5.25 Å². The number of rotatable bonds is 6. The molecule has 0 amide bonds. The molecule has 1 aromatic rings. The molecule has 0 spiro atoms. The maximum atomic E-state index is 9.26. The highest BCUT2D eigenvalue weighted by Crippen LogP contribution is 2.28. The van der Waals surface area contributed by atoms with Crippen molar-refractivity contribution in [2.45, 2.75) is 35.4 Å². The average molecular weight is 247 g/mol. The third kappa shape index (κ3) is 4.06. The summed E-state index contributed by atoms with van der Waals surface area (Å²) >= 11 is 3.11. The summed E-state index contributed by atoms with van der Waals surface area (Å²) in [4.78, 5) is 4.13. The highest BCUT2D eigenvalue weighted by Gasteiger charge is 2.24. The van der Waals surface area contributed by atoms with Gasteiger partial charge in [0.05, 0.1) is 6.61 Å². The number of aromatic nitrogens is 2. The van der Waals surface area contributed by atoms with E-state index >= 15 is 0 Å². The first-order valence-electron chi connectivity index (χ1n) is 4.83. The first kappa shape index (κ1) is 12.9. The van der Waals surface area contributed by atoms with Crippen LogP contribution in [-0.4, -0.2) is 38.9 Å². The number of aliphatic hydroxyl groups is 1. The Hall–Kier alpha value is -0.170. The number of aliphatic hydroxyl groups excluding tert-OH is 1. The molecule has 0 aromatic carbocycles. The summed E-state index contributed by atoms with van der Waals surface area (Å²) < 4.78 is 4.94. The zero-order chi connectivity index (χ0) is 11.3. The van der Waals surface area contributed by atoms with Gasteiger partial charge >= 0.3 is 0 Å². The molecule has 0 aliphatic heterocycles. The fraction of sp³-hybridized carbons (Fsp3) is 0.778. The quantitative estimate of drug-likeness (QED) is 0.744. The van der Waals surface area contributed by atoms with Crippen molar-refractivity contribution in [2.24, 2.45) is 0 Å². The third-order valence-electron chi connectivity index (χ3n) is 2.33. The molecule has 0 fully saturated rings. The van der Waals surface area contributed by atoms with E-state index in [0.717, 1.165) is 10.8 Å². The van der Waals surface area contributed by atoms with E-state index in [1.165, 1.54) is 11.5 Å². The predicted octanol–water partition coefficient (Wildman–Crippen LogP) is 1.38. The highest BCUT2D eigenvalue weighted by atomic mass is 32.2. The molecule has 0 saturated heterocycles. The topological polar surface area (TPSA) is 58.0 Å². The molecular formula is C9H17N3OS2. The lowest BCUT2D eigenvalue weighted by Crippen LogP contribution is -2.45. The number of likely N-dealkylation sites (N-methyl/N-ethyl adjacent to an activating group) is 1. The number of nitrogens with zero attached hydrogens (tertiary/aromatic N) is 2. The number of nitrogens with one attached hydrogen (secondary N) is 1. The van der Waals surface area contributed by atoms with Crippen molar-refractivity contribution in [1.82, 2.24) is 14.7 Å². The summed E-state index contributed by atoms with van der Waals surface area (Å²) in [5.74, 6) is 0. The summed E-state index contributed by atoms with van der Waals surface area (Å²) in [6.45, 7) is 4.30. The van der Waals surface area contributed by atoms with Crippen molar-refractivity contribution in [1.29, 1.82) is 0 Å². The predicted molar refractivity (Wildman–Crippen MR) is 64.4 cm³/mol. The second-order valence-electron chi connectivity index (χ2n) is 3.81. The molecule has 1 aromatic heterocycles. The minimum Gasteiger partial charge on any atom is -0.394 e. The van der Waals surface area contributed by atoms with Crippen molar-refractivity contribution in [2.75, 3.05) is 13.7 Å². The zero-order valence-electron chi connectivity index (χ0n) is 9.23. The van der Waals surface area contributed by atoms with Crippen LogP contribution in [0.5, 0.6) is 0 Å². The van der Waals surface area contributed by atoms with Gasteiger partial charge in [-0.25, -0.2) is 4.98 Å². The minimum absolute atomic E-state index is 0.143. The smallest absolute Gasteiger partial charge is 0.170 e. The molecule has 0 radical (unpaired) electrons. The fourth-order valence-electron chi connectivity index (χ4n) is 1.31. The second-order valence-corrected chi connectivity index (χ2v) is 6.27. The Morgan fingerprint density at radius 2 is 2.47 bits per heavy atom. The Kier molecular flexibility index (Phi) is 4.98. The number of hydrogen-bond donors (Lipinski definition) is 2. The monoisotopic (exact) mass is 247 g/mol. The fourth-order valence-corrected chi connectivity index (χ4v) is 3.28. The molecule has 15 heavy (non-hydrogen) atoms. The molecule has 2 unspecified atom stereocenters. The van der Waals surface area contributed by atoms with Gasteiger partial charge in [0.25, 0.3) is 0 Å². The van der Waals surface area contributed by atoms with E-state index in [9.17, 15) is 5.11 Å². The van der Waals surface area contributed by atoms with Crippen LogP contribution >= 0.6 is 23.3 Å². The maximum Gasteiger partial charge on any atom is 0.170 e. The zero-order valence-corrected chi connectivity index (χ0v) is 10.9. The first-order valence-corrected chi connectivity index (χ1v) is 6.48. The number of thioether (sulfide) groups is 1. The van der Waals surface area contributed by atoms with Crippen molar-refractivity contribution in [3.63, 3.8) is 0 Å². The van der Waals surface area contributed by atoms with Gasteiger partial charge in [-0.1, -0.05) is 18.7 Å². The lowest BCUT2D eigenvalue weighted by molar-refractivity contribution is 0.174. The van der Waals surface area contributed by atoms with Crippen LogP contribution < -0.4 is 5.32 Å². The molecule has 0 bridgehead atoms. The SMILES string of the molecule is CNC(C)(CO)CC(C)Sc1ncns1. The largest absolute Gasteiger partial charge is 0.394 e. The molecule has 1 heterocycles. The van der Waals surface area contributed by atoms with E-state index in [2.05, 4.69) is 21.6 Å². The van der Waals surface area contributed by atoms with Gasteiger partial charge in [0, 0.05) is 10.8 Å². The molecule has 2 N–H and O–H groups in total. The van der Waals surface area contributed by atoms with Gasteiger partial charge < -0.3 is 10.4 Å². The molecule has 0 saturated carbocycles. The Morgan fingerprint density at radius 3 is 2.93 bits per heavy atom. The average Bonchev–Trinajstić information content (AvgIpc) is 2.70. The standard InChI is InChI=1S/C9H17N3OS2/c1-7(4-9(2,5-13)10-3)14-8-11-6-12-15-8/h6-7,10,13H,4-5H2,1-3H3. The Balaban J connectivity index is 2.44. The van der Waals surface area contributed by atoms with Gasteiger partial charge in [-0.05, 0) is 31.9 Å². The Bertz CT molecular complexity index is 275. The molecule has 2 atom stereocenters. The van der Waals surface area contributed by atoms with Crippen molar-refractivity contribution >= 4 is 23.3 Å². The lowest BCUT2D eigenvalue weighted by Gasteiger charge is -2.29. The third-order valence-corrected chi connectivity index (χ3v) is 4.18. The summed E-state index contributed by atoms with van der Waals surface area (Å²) in [5.41, 5.74) is -0.211.